The van der Waals surface area contributed by atoms with Gasteiger partial charge in [-0.1, -0.05) is 68.9 Å². The zero-order chi connectivity index (χ0) is 36.5. The standard InChI is InChI=1S/C42H24B2N8S4/c1-13-45-49(17-1)25-5-9-33-29(21-25)43-30-22-26(50-18-2-14-46-50)6-10-34(30)54-40-37(43)39(53-33)41-38-42(40)56-36-12-8-28(52-20-4-16-48-52)24-32(36)44(38)31-23-27(7-11-35(31)55-41)51-19-3-15-47-51/h1-24H. The van der Waals surface area contributed by atoms with Gasteiger partial charge in [0.15, 0.2) is 0 Å². The molecule has 0 radical (unpaired) electrons. The van der Waals surface area contributed by atoms with E-state index in [0.29, 0.717) is 0 Å². The molecule has 4 aromatic heterocycles. The van der Waals surface area contributed by atoms with E-state index in [-0.39, 0.29) is 13.4 Å². The second-order valence-corrected chi connectivity index (χ2v) is 18.3. The van der Waals surface area contributed by atoms with Gasteiger partial charge in [0.2, 0.25) is 13.4 Å². The molecule has 0 N–H and O–H groups in total. The Morgan fingerprint density at radius 2 is 0.625 bits per heavy atom. The molecular weight excluding hydrogens is 766 g/mol. The van der Waals surface area contributed by atoms with Gasteiger partial charge in [0.1, 0.15) is 0 Å². The summed E-state index contributed by atoms with van der Waals surface area (Å²) in [6.45, 7) is 0.0683. The summed E-state index contributed by atoms with van der Waals surface area (Å²) in [4.78, 5) is 10.6. The number of hydrogen-bond acceptors (Lipinski definition) is 8. The van der Waals surface area contributed by atoms with Crippen LogP contribution in [-0.4, -0.2) is 52.5 Å². The Bertz CT molecular complexity index is 2650. The molecule has 0 saturated carbocycles. The maximum Gasteiger partial charge on any atom is 0.247 e. The molecule has 4 aliphatic rings. The highest BCUT2D eigenvalue weighted by Gasteiger charge is 2.47. The normalized spacial score (nSPS) is 14.1. The van der Waals surface area contributed by atoms with Crippen LogP contribution in [0.4, 0.5) is 0 Å². The van der Waals surface area contributed by atoms with Crippen LogP contribution >= 0.6 is 47.0 Å². The third-order valence-electron chi connectivity index (χ3n) is 11.1. The van der Waals surface area contributed by atoms with E-state index in [4.69, 9.17) is 0 Å². The van der Waals surface area contributed by atoms with Crippen molar-refractivity contribution in [2.45, 2.75) is 39.2 Å². The Kier molecular flexibility index (Phi) is 6.77. The van der Waals surface area contributed by atoms with Crippen LogP contribution < -0.4 is 32.8 Å². The van der Waals surface area contributed by atoms with E-state index in [1.807, 2.05) is 140 Å². The van der Waals surface area contributed by atoms with Crippen LogP contribution in [0.25, 0.3) is 22.7 Å². The van der Waals surface area contributed by atoms with E-state index < -0.39 is 0 Å². The highest BCUT2D eigenvalue weighted by atomic mass is 32.2. The number of nitrogens with zero attached hydrogens (tertiary/aromatic N) is 8. The maximum absolute atomic E-state index is 4.62. The van der Waals surface area contributed by atoms with Crippen LogP contribution in [0.1, 0.15) is 0 Å². The molecule has 0 bridgehead atoms. The Labute approximate surface area is 338 Å². The van der Waals surface area contributed by atoms with Crippen LogP contribution in [0.2, 0.25) is 0 Å². The third kappa shape index (κ3) is 4.58. The summed E-state index contributed by atoms with van der Waals surface area (Å²) in [7, 11) is 0. The van der Waals surface area contributed by atoms with Crippen molar-refractivity contribution in [3.05, 3.63) is 147 Å². The van der Waals surface area contributed by atoms with Crippen molar-refractivity contribution >= 4 is 93.2 Å². The molecule has 0 amide bonds. The fraction of sp³-hybridized carbons (Fsp3) is 0. The third-order valence-corrected chi connectivity index (χ3v) is 16.2. The number of aromatic nitrogens is 8. The van der Waals surface area contributed by atoms with Gasteiger partial charge in [-0.15, -0.1) is 0 Å². The molecule has 262 valence electrons. The molecular formula is C42H24B2N8S4. The summed E-state index contributed by atoms with van der Waals surface area (Å²) >= 11 is 7.73. The SMILES string of the molecule is c1cnn(-c2ccc3c(c2)B2c4cc(-n5cccn5)ccc4Sc4c5c6c(c(c42)S3)Sc2ccc(-n3cccn3)cc2B6c2cc(-n3cccn3)ccc2S5)c1. The molecule has 9 aromatic rings. The van der Waals surface area contributed by atoms with E-state index in [1.165, 1.54) is 71.9 Å². The first-order valence-electron chi connectivity index (χ1n) is 18.2. The molecule has 13 rings (SSSR count). The quantitative estimate of drug-likeness (QED) is 0.222. The molecule has 5 aromatic carbocycles. The number of fused-ring (bicyclic) bond motifs is 10. The molecule has 0 fully saturated rings. The molecule has 4 aliphatic heterocycles. The Morgan fingerprint density at radius 3 is 0.857 bits per heavy atom. The van der Waals surface area contributed by atoms with Gasteiger partial charge in [-0.3, -0.25) is 0 Å². The number of benzene rings is 5. The molecule has 0 spiro atoms. The fourth-order valence-corrected chi connectivity index (χ4v) is 14.1. The molecule has 8 nitrogen and oxygen atoms in total. The lowest BCUT2D eigenvalue weighted by atomic mass is 9.34. The lowest BCUT2D eigenvalue weighted by Crippen LogP contribution is -2.62. The van der Waals surface area contributed by atoms with Crippen LogP contribution in [-0.2, 0) is 0 Å². The summed E-state index contributed by atoms with van der Waals surface area (Å²) in [5, 5.41) is 18.5. The van der Waals surface area contributed by atoms with Crippen molar-refractivity contribution in [3.63, 3.8) is 0 Å². The van der Waals surface area contributed by atoms with Crippen molar-refractivity contribution in [1.82, 2.24) is 39.1 Å². The average Bonchev–Trinajstić information content (AvgIpc) is 4.10. The maximum atomic E-state index is 4.62. The lowest BCUT2D eigenvalue weighted by Gasteiger charge is -2.41. The van der Waals surface area contributed by atoms with Gasteiger partial charge in [-0.25, -0.2) is 18.7 Å². The van der Waals surface area contributed by atoms with Crippen molar-refractivity contribution in [2.24, 2.45) is 0 Å². The minimum absolute atomic E-state index is 0.0342. The van der Waals surface area contributed by atoms with Gasteiger partial charge >= 0.3 is 0 Å². The summed E-state index contributed by atoms with van der Waals surface area (Å²) < 4.78 is 7.87. The van der Waals surface area contributed by atoms with Gasteiger partial charge < -0.3 is 0 Å². The second kappa shape index (κ2) is 12.0. The lowest BCUT2D eigenvalue weighted by molar-refractivity contribution is 0.879. The van der Waals surface area contributed by atoms with E-state index in [1.54, 1.807) is 0 Å². The second-order valence-electron chi connectivity index (χ2n) is 14.1. The monoisotopic (exact) mass is 790 g/mol. The van der Waals surface area contributed by atoms with Gasteiger partial charge in [-0.2, -0.15) is 20.4 Å². The molecule has 0 saturated heterocycles. The number of rotatable bonds is 4. The van der Waals surface area contributed by atoms with Crippen LogP contribution in [0, 0.1) is 0 Å². The van der Waals surface area contributed by atoms with E-state index >= 15 is 0 Å². The topological polar surface area (TPSA) is 71.3 Å². The first-order valence-corrected chi connectivity index (χ1v) is 21.5. The smallest absolute Gasteiger partial charge is 0.241 e. The van der Waals surface area contributed by atoms with Gasteiger partial charge in [0.25, 0.3) is 0 Å². The minimum atomic E-state index is 0.0342. The first kappa shape index (κ1) is 31.6. The molecule has 0 aliphatic carbocycles. The van der Waals surface area contributed by atoms with Crippen LogP contribution in [0.3, 0.4) is 0 Å². The van der Waals surface area contributed by atoms with Gasteiger partial charge in [-0.05, 0) is 108 Å². The highest BCUT2D eigenvalue weighted by molar-refractivity contribution is 8.05. The zero-order valence-electron chi connectivity index (χ0n) is 29.2. The summed E-state index contributed by atoms with van der Waals surface area (Å²) in [5.41, 5.74) is 12.3. The Hall–Kier alpha value is -5.53. The predicted octanol–water partition coefficient (Wildman–Crippen LogP) is 5.32. The Balaban J connectivity index is 1.09. The number of hydrogen-bond donors (Lipinski definition) is 0. The molecule has 8 heterocycles. The Morgan fingerprint density at radius 1 is 0.357 bits per heavy atom. The summed E-state index contributed by atoms with van der Waals surface area (Å²) in [6, 6.07) is 35.4. The molecule has 14 heteroatoms. The summed E-state index contributed by atoms with van der Waals surface area (Å²) in [6.07, 6.45) is 15.5. The van der Waals surface area contributed by atoms with Crippen molar-refractivity contribution in [1.29, 1.82) is 0 Å². The zero-order valence-corrected chi connectivity index (χ0v) is 32.5. The van der Waals surface area contributed by atoms with Gasteiger partial charge in [0.05, 0.1) is 22.7 Å². The van der Waals surface area contributed by atoms with Crippen molar-refractivity contribution < 1.29 is 0 Å². The van der Waals surface area contributed by atoms with Crippen LogP contribution in [0.15, 0.2) is 186 Å². The first-order chi connectivity index (χ1) is 27.7. The van der Waals surface area contributed by atoms with Crippen LogP contribution in [0.5, 0.6) is 0 Å². The highest BCUT2D eigenvalue weighted by Crippen LogP contribution is 2.50. The van der Waals surface area contributed by atoms with Crippen molar-refractivity contribution in [3.8, 4) is 22.7 Å². The average molecular weight is 791 g/mol. The van der Waals surface area contributed by atoms with E-state index in [9.17, 15) is 0 Å². The van der Waals surface area contributed by atoms with Crippen molar-refractivity contribution in [2.75, 3.05) is 0 Å². The molecule has 56 heavy (non-hydrogen) atoms. The fourth-order valence-electron chi connectivity index (χ4n) is 8.70. The minimum Gasteiger partial charge on any atom is -0.241 e. The largest absolute Gasteiger partial charge is 0.247 e. The predicted molar refractivity (Wildman–Crippen MR) is 227 cm³/mol. The molecule has 0 unspecified atom stereocenters. The van der Waals surface area contributed by atoms with E-state index in [2.05, 4.69) is 93.2 Å². The molecule has 0 atom stereocenters. The summed E-state index contributed by atoms with van der Waals surface area (Å²) in [5.74, 6) is 0. The van der Waals surface area contributed by atoms with E-state index in [0.717, 1.165) is 22.7 Å². The van der Waals surface area contributed by atoms with Gasteiger partial charge in [0, 0.05) is 88.7 Å².